The molecule has 0 saturated heterocycles. The molecule has 5 rings (SSSR count). The molecule has 1 fully saturated rings. The predicted molar refractivity (Wildman–Crippen MR) is 133 cm³/mol. The number of hydrogen-bond donors (Lipinski definition) is 1. The summed E-state index contributed by atoms with van der Waals surface area (Å²) in [5.41, 5.74) is 6.19. The number of aromatic nitrogens is 3. The quantitative estimate of drug-likeness (QED) is 0.354. The number of benzene rings is 2. The third kappa shape index (κ3) is 4.67. The fourth-order valence-electron chi connectivity index (χ4n) is 4.90. The number of imidazole rings is 1. The van der Waals surface area contributed by atoms with Gasteiger partial charge < -0.3 is 14.5 Å². The molecule has 2 aromatic carbocycles. The van der Waals surface area contributed by atoms with Crippen molar-refractivity contribution in [3.05, 3.63) is 66.4 Å². The van der Waals surface area contributed by atoms with Crippen LogP contribution in [0.15, 0.2) is 60.8 Å². The van der Waals surface area contributed by atoms with Gasteiger partial charge in [-0.1, -0.05) is 24.3 Å². The third-order valence-electron chi connectivity index (χ3n) is 6.93. The summed E-state index contributed by atoms with van der Waals surface area (Å²) in [5, 5.41) is 0. The topological polar surface area (TPSA) is 77.1 Å². The van der Waals surface area contributed by atoms with Crippen LogP contribution in [0.2, 0.25) is 0 Å². The van der Waals surface area contributed by atoms with Crippen LogP contribution in [0.5, 0.6) is 5.75 Å². The third-order valence-corrected chi connectivity index (χ3v) is 6.93. The molecule has 34 heavy (non-hydrogen) atoms. The molecule has 0 spiro atoms. The van der Waals surface area contributed by atoms with Gasteiger partial charge in [-0.05, 0) is 67.3 Å². The van der Waals surface area contributed by atoms with Gasteiger partial charge in [-0.2, -0.15) is 0 Å². The molecule has 0 aliphatic heterocycles. The molecule has 0 amide bonds. The van der Waals surface area contributed by atoms with Gasteiger partial charge in [0.05, 0.1) is 30.9 Å². The van der Waals surface area contributed by atoms with Gasteiger partial charge in [0.25, 0.3) is 0 Å². The lowest BCUT2D eigenvalue weighted by Crippen LogP contribution is -2.17. The van der Waals surface area contributed by atoms with Crippen LogP contribution in [-0.2, 0) is 9.53 Å². The highest BCUT2D eigenvalue weighted by atomic mass is 16.5. The number of pyridine rings is 1. The first-order valence-corrected chi connectivity index (χ1v) is 11.8. The van der Waals surface area contributed by atoms with Crippen molar-refractivity contribution in [2.24, 2.45) is 5.92 Å². The lowest BCUT2D eigenvalue weighted by Gasteiger charge is -2.28. The van der Waals surface area contributed by atoms with E-state index in [1.165, 1.54) is 12.7 Å². The Morgan fingerprint density at radius 2 is 1.74 bits per heavy atom. The van der Waals surface area contributed by atoms with Crippen LogP contribution in [0.25, 0.3) is 33.7 Å². The minimum atomic E-state index is -0.0909. The largest absolute Gasteiger partial charge is 0.497 e. The highest BCUT2D eigenvalue weighted by Gasteiger charge is 2.24. The van der Waals surface area contributed by atoms with Crippen molar-refractivity contribution in [2.75, 3.05) is 14.2 Å². The molecule has 6 nitrogen and oxygen atoms in total. The molecule has 1 saturated carbocycles. The predicted octanol–water partition coefficient (Wildman–Crippen LogP) is 6.14. The van der Waals surface area contributed by atoms with Crippen molar-refractivity contribution < 1.29 is 14.3 Å². The minimum Gasteiger partial charge on any atom is -0.497 e. The molecule has 1 aliphatic carbocycles. The normalized spacial score (nSPS) is 18.1. The summed E-state index contributed by atoms with van der Waals surface area (Å²) < 4.78 is 10.1. The van der Waals surface area contributed by atoms with Crippen LogP contribution in [0.3, 0.4) is 0 Å². The summed E-state index contributed by atoms with van der Waals surface area (Å²) in [5.74, 6) is 2.52. The molecular formula is C28H29N3O3. The van der Waals surface area contributed by atoms with E-state index in [1.807, 2.05) is 36.5 Å². The van der Waals surface area contributed by atoms with Gasteiger partial charge in [0.15, 0.2) is 0 Å². The van der Waals surface area contributed by atoms with Crippen LogP contribution in [0.1, 0.15) is 43.6 Å². The number of fused-ring (bicyclic) bond motifs is 1. The number of rotatable bonds is 6. The Morgan fingerprint density at radius 1 is 0.971 bits per heavy atom. The molecule has 1 aliphatic rings. The lowest BCUT2D eigenvalue weighted by atomic mass is 9.77. The summed E-state index contributed by atoms with van der Waals surface area (Å²) in [6.45, 7) is 0. The number of aromatic amines is 1. The van der Waals surface area contributed by atoms with Crippen LogP contribution in [0, 0.1) is 5.92 Å². The van der Waals surface area contributed by atoms with Gasteiger partial charge in [0, 0.05) is 29.8 Å². The summed E-state index contributed by atoms with van der Waals surface area (Å²) in [4.78, 5) is 24.2. The van der Waals surface area contributed by atoms with E-state index >= 15 is 0 Å². The van der Waals surface area contributed by atoms with Gasteiger partial charge in [-0.3, -0.25) is 9.78 Å². The molecule has 4 aromatic rings. The van der Waals surface area contributed by atoms with Crippen molar-refractivity contribution >= 4 is 17.0 Å². The lowest BCUT2D eigenvalue weighted by molar-refractivity contribution is -0.142. The Morgan fingerprint density at radius 3 is 2.41 bits per heavy atom. The van der Waals surface area contributed by atoms with Crippen LogP contribution >= 0.6 is 0 Å². The van der Waals surface area contributed by atoms with E-state index in [4.69, 9.17) is 9.47 Å². The second kappa shape index (κ2) is 9.67. The monoisotopic (exact) mass is 455 g/mol. The minimum absolute atomic E-state index is 0.0909. The number of carbonyl (C=O) groups is 1. The highest BCUT2D eigenvalue weighted by molar-refractivity contribution is 5.80. The fourth-order valence-corrected chi connectivity index (χ4v) is 4.90. The van der Waals surface area contributed by atoms with Crippen molar-refractivity contribution in [1.82, 2.24) is 15.0 Å². The van der Waals surface area contributed by atoms with E-state index in [9.17, 15) is 4.79 Å². The van der Waals surface area contributed by atoms with E-state index in [2.05, 4.69) is 39.2 Å². The first-order chi connectivity index (χ1) is 16.6. The van der Waals surface area contributed by atoms with Gasteiger partial charge >= 0.3 is 5.97 Å². The Bertz CT molecular complexity index is 1270. The van der Waals surface area contributed by atoms with Gasteiger partial charge in [0.1, 0.15) is 11.6 Å². The first kappa shape index (κ1) is 22.1. The number of esters is 1. The SMILES string of the molecule is COC(=O)CC1CCC(c2ccc(-c3ccc(-c4nc5ccc(OC)cc5[nH]4)cn3)cc2)CC1. The zero-order valence-electron chi connectivity index (χ0n) is 19.6. The Labute approximate surface area is 199 Å². The number of hydrogen-bond acceptors (Lipinski definition) is 5. The second-order valence-electron chi connectivity index (χ2n) is 9.02. The number of H-pyrrole nitrogens is 1. The molecule has 0 unspecified atom stereocenters. The molecule has 0 bridgehead atoms. The van der Waals surface area contributed by atoms with Gasteiger partial charge in [-0.15, -0.1) is 0 Å². The molecule has 2 aromatic heterocycles. The summed E-state index contributed by atoms with van der Waals surface area (Å²) in [6, 6.07) is 18.7. The van der Waals surface area contributed by atoms with E-state index < -0.39 is 0 Å². The Hall–Kier alpha value is -3.67. The smallest absolute Gasteiger partial charge is 0.305 e. The second-order valence-corrected chi connectivity index (χ2v) is 9.02. The van der Waals surface area contributed by atoms with Crippen LogP contribution in [-0.4, -0.2) is 35.1 Å². The molecule has 1 N–H and O–H groups in total. The van der Waals surface area contributed by atoms with Crippen molar-refractivity contribution in [2.45, 2.75) is 38.0 Å². The first-order valence-electron chi connectivity index (χ1n) is 11.8. The average Bonchev–Trinajstić information content (AvgIpc) is 3.33. The number of nitrogens with zero attached hydrogens (tertiary/aromatic N) is 2. The number of carbonyl (C=O) groups excluding carboxylic acids is 1. The average molecular weight is 456 g/mol. The summed E-state index contributed by atoms with van der Waals surface area (Å²) in [6.07, 6.45) is 6.82. The maximum atomic E-state index is 11.5. The number of methoxy groups -OCH3 is 2. The van der Waals surface area contributed by atoms with Gasteiger partial charge in [-0.25, -0.2) is 4.98 Å². The van der Waals surface area contributed by atoms with E-state index in [-0.39, 0.29) is 5.97 Å². The molecular weight excluding hydrogens is 426 g/mol. The number of ether oxygens (including phenoxy) is 2. The summed E-state index contributed by atoms with van der Waals surface area (Å²) >= 11 is 0. The molecule has 0 radical (unpaired) electrons. The standard InChI is InChI=1S/C28H29N3O3/c1-33-23-12-14-25-26(16-23)31-28(30-25)22-11-13-24(29-17-22)21-9-7-20(8-10-21)19-5-3-18(4-6-19)15-27(32)34-2/h7-14,16-19H,3-6,15H2,1-2H3,(H,30,31). The van der Waals surface area contributed by atoms with Crippen molar-refractivity contribution in [1.29, 1.82) is 0 Å². The van der Waals surface area contributed by atoms with Crippen LogP contribution < -0.4 is 4.74 Å². The molecule has 174 valence electrons. The zero-order valence-corrected chi connectivity index (χ0v) is 19.6. The highest BCUT2D eigenvalue weighted by Crippen LogP contribution is 2.37. The van der Waals surface area contributed by atoms with Crippen LogP contribution in [0.4, 0.5) is 0 Å². The number of nitrogens with one attached hydrogen (secondary N) is 1. The summed E-state index contributed by atoms with van der Waals surface area (Å²) in [7, 11) is 3.13. The van der Waals surface area contributed by atoms with E-state index in [1.54, 1.807) is 7.11 Å². The molecule has 0 atom stereocenters. The van der Waals surface area contributed by atoms with E-state index in [0.29, 0.717) is 18.3 Å². The zero-order chi connectivity index (χ0) is 23.5. The maximum Gasteiger partial charge on any atom is 0.305 e. The fraction of sp³-hybridized carbons (Fsp3) is 0.321. The van der Waals surface area contributed by atoms with Gasteiger partial charge in [0.2, 0.25) is 0 Å². The van der Waals surface area contributed by atoms with Crippen molar-refractivity contribution in [3.63, 3.8) is 0 Å². The Kier molecular flexibility index (Phi) is 6.30. The molecule has 6 heteroatoms. The van der Waals surface area contributed by atoms with Crippen molar-refractivity contribution in [3.8, 4) is 28.4 Å². The molecule has 2 heterocycles. The maximum absolute atomic E-state index is 11.5. The van der Waals surface area contributed by atoms with E-state index in [0.717, 1.165) is 65.1 Å². The Balaban J connectivity index is 1.25.